The summed E-state index contributed by atoms with van der Waals surface area (Å²) in [6.45, 7) is 1.54. The molecule has 0 aromatic carbocycles. The van der Waals surface area contributed by atoms with E-state index in [9.17, 15) is 14.9 Å². The van der Waals surface area contributed by atoms with E-state index in [4.69, 9.17) is 4.74 Å². The Kier molecular flexibility index (Phi) is 3.39. The first kappa shape index (κ1) is 11.9. The summed E-state index contributed by atoms with van der Waals surface area (Å²) in [5, 5.41) is 10.7. The zero-order chi connectivity index (χ0) is 12.3. The number of pyridine rings is 1. The maximum atomic E-state index is 11.3. The molecule has 0 saturated carbocycles. The van der Waals surface area contributed by atoms with Crippen molar-refractivity contribution in [2.24, 2.45) is 0 Å². The van der Waals surface area contributed by atoms with Crippen LogP contribution in [0.5, 0.6) is 5.88 Å². The molecule has 0 atom stereocenters. The molecule has 0 unspecified atom stereocenters. The molecule has 0 saturated heterocycles. The standard InChI is InChI=1S/C9H10N2O5/c1-5-6(9(12)16-3)4-7(11(13)14)8(10-5)15-2/h4H,1-3H3. The summed E-state index contributed by atoms with van der Waals surface area (Å²) in [6, 6.07) is 1.09. The van der Waals surface area contributed by atoms with E-state index in [0.29, 0.717) is 5.69 Å². The highest BCUT2D eigenvalue weighted by atomic mass is 16.6. The second-order valence-corrected chi connectivity index (χ2v) is 2.90. The van der Waals surface area contributed by atoms with Gasteiger partial charge in [-0.3, -0.25) is 10.1 Å². The number of esters is 1. The Bertz CT molecular complexity index is 444. The molecular weight excluding hydrogens is 216 g/mol. The first-order valence-electron chi connectivity index (χ1n) is 4.29. The van der Waals surface area contributed by atoms with Crippen molar-refractivity contribution in [1.29, 1.82) is 0 Å². The van der Waals surface area contributed by atoms with E-state index >= 15 is 0 Å². The van der Waals surface area contributed by atoms with Gasteiger partial charge in [0.15, 0.2) is 0 Å². The lowest BCUT2D eigenvalue weighted by atomic mass is 10.2. The lowest BCUT2D eigenvalue weighted by molar-refractivity contribution is -0.386. The third-order valence-corrected chi connectivity index (χ3v) is 1.95. The minimum absolute atomic E-state index is 0.0509. The van der Waals surface area contributed by atoms with Gasteiger partial charge in [0.25, 0.3) is 5.88 Å². The van der Waals surface area contributed by atoms with Gasteiger partial charge in [0.05, 0.1) is 30.4 Å². The fourth-order valence-corrected chi connectivity index (χ4v) is 1.17. The third-order valence-electron chi connectivity index (χ3n) is 1.95. The molecule has 7 nitrogen and oxygen atoms in total. The van der Waals surface area contributed by atoms with E-state index in [1.807, 2.05) is 0 Å². The van der Waals surface area contributed by atoms with E-state index in [1.165, 1.54) is 14.2 Å². The van der Waals surface area contributed by atoms with Crippen LogP contribution >= 0.6 is 0 Å². The zero-order valence-electron chi connectivity index (χ0n) is 9.01. The summed E-state index contributed by atoms with van der Waals surface area (Å²) in [5.74, 6) is -0.800. The molecule has 0 aliphatic rings. The number of carbonyl (C=O) groups excluding carboxylic acids is 1. The Morgan fingerprint density at radius 2 is 2.12 bits per heavy atom. The van der Waals surface area contributed by atoms with Crippen molar-refractivity contribution in [3.05, 3.63) is 27.4 Å². The number of hydrogen-bond acceptors (Lipinski definition) is 6. The second kappa shape index (κ2) is 4.56. The maximum absolute atomic E-state index is 11.3. The predicted molar refractivity (Wildman–Crippen MR) is 53.5 cm³/mol. The number of nitro groups is 1. The number of ether oxygens (including phenoxy) is 2. The van der Waals surface area contributed by atoms with Crippen molar-refractivity contribution in [3.8, 4) is 5.88 Å². The molecule has 1 heterocycles. The summed E-state index contributed by atoms with van der Waals surface area (Å²) in [4.78, 5) is 25.1. The molecule has 7 heteroatoms. The molecule has 0 N–H and O–H groups in total. The van der Waals surface area contributed by atoms with Crippen molar-refractivity contribution in [2.45, 2.75) is 6.92 Å². The average Bonchev–Trinajstić information content (AvgIpc) is 2.27. The third kappa shape index (κ3) is 2.08. The summed E-state index contributed by atoms with van der Waals surface area (Å²) in [5.41, 5.74) is -0.00204. The monoisotopic (exact) mass is 226 g/mol. The Balaban J connectivity index is 3.38. The van der Waals surface area contributed by atoms with Crippen LogP contribution in [0, 0.1) is 17.0 Å². The van der Waals surface area contributed by atoms with E-state index in [1.54, 1.807) is 6.92 Å². The highest BCUT2D eigenvalue weighted by Gasteiger charge is 2.22. The van der Waals surface area contributed by atoms with Crippen molar-refractivity contribution >= 4 is 11.7 Å². The van der Waals surface area contributed by atoms with E-state index < -0.39 is 10.9 Å². The number of aryl methyl sites for hydroxylation is 1. The van der Waals surface area contributed by atoms with Gasteiger partial charge in [-0.15, -0.1) is 0 Å². The number of rotatable bonds is 3. The van der Waals surface area contributed by atoms with Crippen molar-refractivity contribution < 1.29 is 19.2 Å². The lowest BCUT2D eigenvalue weighted by Gasteiger charge is -2.05. The number of carbonyl (C=O) groups is 1. The Labute approximate surface area is 91.2 Å². The molecule has 86 valence electrons. The van der Waals surface area contributed by atoms with Crippen LogP contribution in [-0.2, 0) is 4.74 Å². The Morgan fingerprint density at radius 3 is 2.56 bits per heavy atom. The van der Waals surface area contributed by atoms with Crippen molar-refractivity contribution in [3.63, 3.8) is 0 Å². The Hall–Kier alpha value is -2.18. The highest BCUT2D eigenvalue weighted by molar-refractivity contribution is 5.91. The van der Waals surface area contributed by atoms with Gasteiger partial charge in [0.2, 0.25) is 0 Å². The molecular formula is C9H10N2O5. The maximum Gasteiger partial charge on any atom is 0.339 e. The number of methoxy groups -OCH3 is 2. The van der Waals surface area contributed by atoms with Crippen LogP contribution < -0.4 is 4.74 Å². The molecule has 0 aliphatic heterocycles. The Morgan fingerprint density at radius 1 is 1.50 bits per heavy atom. The smallest absolute Gasteiger partial charge is 0.339 e. The van der Waals surface area contributed by atoms with Crippen LogP contribution in [0.15, 0.2) is 6.07 Å². The van der Waals surface area contributed by atoms with Crippen molar-refractivity contribution in [2.75, 3.05) is 14.2 Å². The molecule has 0 amide bonds. The molecule has 0 bridgehead atoms. The molecule has 0 aliphatic carbocycles. The molecule has 1 aromatic rings. The minimum Gasteiger partial charge on any atom is -0.476 e. The topological polar surface area (TPSA) is 91.6 Å². The van der Waals surface area contributed by atoms with Crippen LogP contribution in [-0.4, -0.2) is 30.1 Å². The van der Waals surface area contributed by atoms with Gasteiger partial charge in [-0.2, -0.15) is 0 Å². The van der Waals surface area contributed by atoms with Crippen LogP contribution in [0.2, 0.25) is 0 Å². The zero-order valence-corrected chi connectivity index (χ0v) is 9.01. The average molecular weight is 226 g/mol. The van der Waals surface area contributed by atoms with E-state index in [2.05, 4.69) is 9.72 Å². The van der Waals surface area contributed by atoms with Gasteiger partial charge in [0.1, 0.15) is 0 Å². The lowest BCUT2D eigenvalue weighted by Crippen LogP contribution is -2.08. The molecule has 1 aromatic heterocycles. The number of aromatic nitrogens is 1. The second-order valence-electron chi connectivity index (χ2n) is 2.90. The van der Waals surface area contributed by atoms with Gasteiger partial charge in [-0.1, -0.05) is 0 Å². The van der Waals surface area contributed by atoms with Crippen LogP contribution in [0.1, 0.15) is 16.1 Å². The number of hydrogen-bond donors (Lipinski definition) is 0. The first-order chi connectivity index (χ1) is 7.51. The van der Waals surface area contributed by atoms with E-state index in [-0.39, 0.29) is 17.1 Å². The number of nitrogens with zero attached hydrogens (tertiary/aromatic N) is 2. The summed E-state index contributed by atoms with van der Waals surface area (Å²) >= 11 is 0. The first-order valence-corrected chi connectivity index (χ1v) is 4.29. The predicted octanol–water partition coefficient (Wildman–Crippen LogP) is 1.09. The van der Waals surface area contributed by atoms with Gasteiger partial charge in [0, 0.05) is 6.07 Å². The van der Waals surface area contributed by atoms with Gasteiger partial charge in [-0.25, -0.2) is 9.78 Å². The quantitative estimate of drug-likeness (QED) is 0.435. The summed E-state index contributed by atoms with van der Waals surface area (Å²) in [6.07, 6.45) is 0. The normalized spacial score (nSPS) is 9.69. The highest BCUT2D eigenvalue weighted by Crippen LogP contribution is 2.26. The van der Waals surface area contributed by atoms with Crippen LogP contribution in [0.3, 0.4) is 0 Å². The largest absolute Gasteiger partial charge is 0.476 e. The minimum atomic E-state index is -0.671. The molecule has 0 fully saturated rings. The fourth-order valence-electron chi connectivity index (χ4n) is 1.17. The van der Waals surface area contributed by atoms with E-state index in [0.717, 1.165) is 6.07 Å². The molecule has 16 heavy (non-hydrogen) atoms. The van der Waals surface area contributed by atoms with Crippen LogP contribution in [0.25, 0.3) is 0 Å². The SMILES string of the molecule is COC(=O)c1cc([N+](=O)[O-])c(OC)nc1C. The van der Waals surface area contributed by atoms with Crippen molar-refractivity contribution in [1.82, 2.24) is 4.98 Å². The van der Waals surface area contributed by atoms with Gasteiger partial charge in [-0.05, 0) is 6.92 Å². The van der Waals surface area contributed by atoms with Gasteiger partial charge < -0.3 is 9.47 Å². The molecule has 0 radical (unpaired) electrons. The molecule has 0 spiro atoms. The summed E-state index contributed by atoms with van der Waals surface area (Å²) in [7, 11) is 2.46. The summed E-state index contributed by atoms with van der Waals surface area (Å²) < 4.78 is 9.23. The van der Waals surface area contributed by atoms with Crippen LogP contribution in [0.4, 0.5) is 5.69 Å². The van der Waals surface area contributed by atoms with Gasteiger partial charge >= 0.3 is 11.7 Å². The molecule has 1 rings (SSSR count). The fraction of sp³-hybridized carbons (Fsp3) is 0.333.